The number of nitrogens with zero attached hydrogens (tertiary/aromatic N) is 5. The number of hydrogen-bond acceptors (Lipinski definition) is 4. The highest BCUT2D eigenvalue weighted by atomic mass is 16.1. The van der Waals surface area contributed by atoms with Gasteiger partial charge in [-0.3, -0.25) is 4.79 Å². The fourth-order valence-corrected chi connectivity index (χ4v) is 3.65. The van der Waals surface area contributed by atoms with E-state index in [0.717, 1.165) is 28.1 Å². The van der Waals surface area contributed by atoms with Gasteiger partial charge in [0.2, 0.25) is 0 Å². The van der Waals surface area contributed by atoms with Crippen LogP contribution < -0.4 is 5.32 Å². The van der Waals surface area contributed by atoms with Crippen molar-refractivity contribution in [1.29, 1.82) is 0 Å². The highest BCUT2D eigenvalue weighted by molar-refractivity contribution is 6.05. The Labute approximate surface area is 179 Å². The molecule has 0 bridgehead atoms. The second kappa shape index (κ2) is 7.53. The van der Waals surface area contributed by atoms with E-state index in [9.17, 15) is 4.79 Å². The lowest BCUT2D eigenvalue weighted by Crippen LogP contribution is -2.13. The summed E-state index contributed by atoms with van der Waals surface area (Å²) in [6.45, 7) is 1.85. The molecule has 5 rings (SSSR count). The molecule has 0 aliphatic heterocycles. The normalized spacial score (nSPS) is 11.0. The summed E-state index contributed by atoms with van der Waals surface area (Å²) in [7, 11) is 2.00. The van der Waals surface area contributed by atoms with Crippen LogP contribution >= 0.6 is 0 Å². The van der Waals surface area contributed by atoms with Crippen LogP contribution in [0.2, 0.25) is 0 Å². The predicted octanol–water partition coefficient (Wildman–Crippen LogP) is 4.38. The van der Waals surface area contributed by atoms with Gasteiger partial charge in [0.15, 0.2) is 5.82 Å². The van der Waals surface area contributed by atoms with E-state index in [1.165, 1.54) is 0 Å². The lowest BCUT2D eigenvalue weighted by Gasteiger charge is -2.07. The summed E-state index contributed by atoms with van der Waals surface area (Å²) >= 11 is 0. The molecule has 0 radical (unpaired) electrons. The summed E-state index contributed by atoms with van der Waals surface area (Å²) in [5.74, 6) is 1.34. The van der Waals surface area contributed by atoms with Gasteiger partial charge < -0.3 is 9.88 Å². The topological polar surface area (TPSA) is 77.6 Å². The van der Waals surface area contributed by atoms with Gasteiger partial charge in [0.05, 0.1) is 28.5 Å². The molecule has 1 amide bonds. The van der Waals surface area contributed by atoms with Crippen LogP contribution in [-0.2, 0) is 7.05 Å². The van der Waals surface area contributed by atoms with Crippen LogP contribution in [0.5, 0.6) is 0 Å². The summed E-state index contributed by atoms with van der Waals surface area (Å²) in [4.78, 5) is 21.8. The number of para-hydroxylation sites is 2. The van der Waals surface area contributed by atoms with Gasteiger partial charge >= 0.3 is 0 Å². The number of carbonyl (C=O) groups excluding carboxylic acids is 1. The summed E-state index contributed by atoms with van der Waals surface area (Å²) in [5, 5.41) is 7.26. The molecule has 7 nitrogen and oxygen atoms in total. The molecule has 1 N–H and O–H groups in total. The zero-order valence-electron chi connectivity index (χ0n) is 17.1. The summed E-state index contributed by atoms with van der Waals surface area (Å²) in [6, 6.07) is 21.3. The number of fused-ring (bicyclic) bond motifs is 1. The minimum Gasteiger partial charge on any atom is -0.327 e. The van der Waals surface area contributed by atoms with Crippen molar-refractivity contribution >= 4 is 22.6 Å². The van der Waals surface area contributed by atoms with Gasteiger partial charge in [-0.15, -0.1) is 0 Å². The predicted molar refractivity (Wildman–Crippen MR) is 120 cm³/mol. The summed E-state index contributed by atoms with van der Waals surface area (Å²) in [5.41, 5.74) is 4.96. The molecule has 3 heterocycles. The fraction of sp³-hybridized carbons (Fsp3) is 0.0833. The SMILES string of the molecule is Cc1c(C(=O)Nc2ccc(-c3nc4ccccc4n3C)cc2)cnn1-c1ccccn1. The molecule has 0 aliphatic carbocycles. The monoisotopic (exact) mass is 408 g/mol. The molecule has 0 fully saturated rings. The number of aryl methyl sites for hydroxylation is 1. The molecule has 0 spiro atoms. The Morgan fingerprint density at radius 2 is 1.74 bits per heavy atom. The van der Waals surface area contributed by atoms with E-state index in [-0.39, 0.29) is 5.91 Å². The standard InChI is InChI=1S/C24H20N6O/c1-16-19(15-26-30(16)22-9-5-6-14-25-22)24(31)27-18-12-10-17(11-13-18)23-28-20-7-3-4-8-21(20)29(23)2/h3-15H,1-2H3,(H,27,31). The Morgan fingerprint density at radius 3 is 2.48 bits per heavy atom. The molecule has 0 atom stereocenters. The molecule has 0 saturated heterocycles. The number of rotatable bonds is 4. The van der Waals surface area contributed by atoms with Crippen molar-refractivity contribution in [3.05, 3.63) is 90.4 Å². The highest BCUT2D eigenvalue weighted by Crippen LogP contribution is 2.25. The highest BCUT2D eigenvalue weighted by Gasteiger charge is 2.16. The third-order valence-electron chi connectivity index (χ3n) is 5.31. The summed E-state index contributed by atoms with van der Waals surface area (Å²) in [6.07, 6.45) is 3.26. The maximum absolute atomic E-state index is 12.8. The van der Waals surface area contributed by atoms with Crippen molar-refractivity contribution in [2.45, 2.75) is 6.92 Å². The molecule has 5 aromatic rings. The Bertz CT molecular complexity index is 1380. The lowest BCUT2D eigenvalue weighted by atomic mass is 10.2. The summed E-state index contributed by atoms with van der Waals surface area (Å²) < 4.78 is 3.72. The second-order valence-corrected chi connectivity index (χ2v) is 7.26. The van der Waals surface area contributed by atoms with Crippen LogP contribution in [0.15, 0.2) is 79.1 Å². The second-order valence-electron chi connectivity index (χ2n) is 7.26. The first-order valence-corrected chi connectivity index (χ1v) is 9.91. The average molecular weight is 408 g/mol. The molecule has 0 aliphatic rings. The largest absolute Gasteiger partial charge is 0.327 e. The number of carbonyl (C=O) groups is 1. The Balaban J connectivity index is 1.37. The smallest absolute Gasteiger partial charge is 0.259 e. The van der Waals surface area contributed by atoms with Gasteiger partial charge in [-0.1, -0.05) is 18.2 Å². The Morgan fingerprint density at radius 1 is 0.968 bits per heavy atom. The van der Waals surface area contributed by atoms with Gasteiger partial charge in [-0.05, 0) is 55.5 Å². The van der Waals surface area contributed by atoms with Crippen LogP contribution in [-0.4, -0.2) is 30.2 Å². The minimum absolute atomic E-state index is 0.213. The number of pyridine rings is 1. The van der Waals surface area contributed by atoms with Gasteiger partial charge in [-0.25, -0.2) is 14.6 Å². The Kier molecular flexibility index (Phi) is 4.55. The van der Waals surface area contributed by atoms with Gasteiger partial charge in [-0.2, -0.15) is 5.10 Å². The van der Waals surface area contributed by atoms with E-state index in [4.69, 9.17) is 4.98 Å². The zero-order valence-corrected chi connectivity index (χ0v) is 17.1. The molecule has 31 heavy (non-hydrogen) atoms. The molecule has 3 aromatic heterocycles. The molecule has 2 aromatic carbocycles. The molecule has 7 heteroatoms. The zero-order chi connectivity index (χ0) is 21.4. The van der Waals surface area contributed by atoms with Crippen LogP contribution in [0.4, 0.5) is 5.69 Å². The minimum atomic E-state index is -0.213. The third-order valence-corrected chi connectivity index (χ3v) is 5.31. The van der Waals surface area contributed by atoms with E-state index >= 15 is 0 Å². The van der Waals surface area contributed by atoms with Crippen molar-refractivity contribution in [3.63, 3.8) is 0 Å². The first-order chi connectivity index (χ1) is 15.1. The van der Waals surface area contributed by atoms with Crippen molar-refractivity contribution < 1.29 is 4.79 Å². The van der Waals surface area contributed by atoms with Crippen molar-refractivity contribution in [3.8, 4) is 17.2 Å². The number of amides is 1. The third kappa shape index (κ3) is 3.36. The molecule has 0 unspecified atom stereocenters. The Hall–Kier alpha value is -4.26. The van der Waals surface area contributed by atoms with E-state index in [1.54, 1.807) is 17.1 Å². The number of aromatic nitrogens is 5. The average Bonchev–Trinajstić information content (AvgIpc) is 3.35. The van der Waals surface area contributed by atoms with E-state index in [1.807, 2.05) is 80.7 Å². The van der Waals surface area contributed by atoms with Crippen molar-refractivity contribution in [2.75, 3.05) is 5.32 Å². The maximum Gasteiger partial charge on any atom is 0.259 e. The van der Waals surface area contributed by atoms with Crippen LogP contribution in [0, 0.1) is 6.92 Å². The van der Waals surface area contributed by atoms with Gasteiger partial charge in [0.25, 0.3) is 5.91 Å². The number of anilines is 1. The quantitative estimate of drug-likeness (QED) is 0.479. The maximum atomic E-state index is 12.8. The molecular formula is C24H20N6O. The van der Waals surface area contributed by atoms with Crippen LogP contribution in [0.1, 0.15) is 16.1 Å². The van der Waals surface area contributed by atoms with Crippen LogP contribution in [0.3, 0.4) is 0 Å². The van der Waals surface area contributed by atoms with E-state index in [0.29, 0.717) is 17.1 Å². The molecule has 152 valence electrons. The van der Waals surface area contributed by atoms with E-state index in [2.05, 4.69) is 20.0 Å². The molecule has 0 saturated carbocycles. The number of imidazole rings is 1. The van der Waals surface area contributed by atoms with Gasteiger partial charge in [0.1, 0.15) is 5.82 Å². The van der Waals surface area contributed by atoms with Crippen molar-refractivity contribution in [1.82, 2.24) is 24.3 Å². The van der Waals surface area contributed by atoms with Crippen LogP contribution in [0.25, 0.3) is 28.2 Å². The number of hydrogen-bond donors (Lipinski definition) is 1. The molecular weight excluding hydrogens is 388 g/mol. The van der Waals surface area contributed by atoms with Gasteiger partial charge in [0, 0.05) is 24.5 Å². The number of nitrogens with one attached hydrogen (secondary N) is 1. The van der Waals surface area contributed by atoms with Crippen molar-refractivity contribution in [2.24, 2.45) is 7.05 Å². The first-order valence-electron chi connectivity index (χ1n) is 9.91. The fourth-order valence-electron chi connectivity index (χ4n) is 3.65. The lowest BCUT2D eigenvalue weighted by molar-refractivity contribution is 0.102. The van der Waals surface area contributed by atoms with E-state index < -0.39 is 0 Å². The number of benzene rings is 2. The first kappa shape index (κ1) is 18.7.